The summed E-state index contributed by atoms with van der Waals surface area (Å²) in [6.45, 7) is 6.91. The molecule has 9 nitrogen and oxygen atoms in total. The Kier molecular flexibility index (Phi) is 5.11. The summed E-state index contributed by atoms with van der Waals surface area (Å²) in [5.74, 6) is 0.569. The van der Waals surface area contributed by atoms with E-state index in [9.17, 15) is 8.42 Å². The Morgan fingerprint density at radius 1 is 1.00 bits per heavy atom. The first-order valence-corrected chi connectivity index (χ1v) is 13.6. The molecule has 1 aliphatic rings. The van der Waals surface area contributed by atoms with E-state index in [1.54, 1.807) is 18.5 Å². The van der Waals surface area contributed by atoms with Crippen LogP contribution in [0.1, 0.15) is 33.6 Å². The minimum atomic E-state index is -3.35. The molecule has 0 spiro atoms. The monoisotopic (exact) mass is 501 g/mol. The Bertz CT molecular complexity index is 1710. The predicted molar refractivity (Wildman–Crippen MR) is 141 cm³/mol. The van der Waals surface area contributed by atoms with E-state index in [-0.39, 0.29) is 11.3 Å². The highest BCUT2D eigenvalue weighted by molar-refractivity contribution is 7.92. The van der Waals surface area contributed by atoms with E-state index in [0.717, 1.165) is 39.7 Å². The third kappa shape index (κ3) is 3.81. The molecule has 4 aromatic heterocycles. The van der Waals surface area contributed by atoms with Crippen molar-refractivity contribution in [3.8, 4) is 22.4 Å². The number of sulfonamides is 1. The maximum absolute atomic E-state index is 12.6. The summed E-state index contributed by atoms with van der Waals surface area (Å²) in [4.78, 5) is 21.6. The van der Waals surface area contributed by atoms with Gasteiger partial charge >= 0.3 is 0 Å². The first kappa shape index (κ1) is 22.7. The number of aromatic nitrogens is 6. The van der Waals surface area contributed by atoms with Crippen LogP contribution in [-0.4, -0.2) is 50.2 Å². The molecule has 0 radical (unpaired) electrons. The third-order valence-corrected chi connectivity index (χ3v) is 8.45. The molecule has 1 aliphatic heterocycles. The molecule has 36 heavy (non-hydrogen) atoms. The van der Waals surface area contributed by atoms with Crippen LogP contribution in [0.5, 0.6) is 0 Å². The van der Waals surface area contributed by atoms with E-state index in [1.807, 2.05) is 30.7 Å². The normalized spacial score (nSPS) is 16.1. The Balaban J connectivity index is 1.43. The topological polar surface area (TPSA) is 110 Å². The van der Waals surface area contributed by atoms with Crippen molar-refractivity contribution >= 4 is 38.0 Å². The molecule has 0 saturated carbocycles. The standard InChI is InChI=1S/C26H27N7O2S/c1-26(2,3)32-16-30-20-7-6-17(12-22(20)32)19-14-28-25-24(19)31-21(15-29-25)18-8-9-27-23(13-18)33-10-4-5-11-36(33,34)35/h6-9,12-16H,4-5,10-11H2,1-3H3,(H,28,29). The average Bonchev–Trinajstić information content (AvgIpc) is 3.47. The Morgan fingerprint density at radius 3 is 2.67 bits per heavy atom. The first-order chi connectivity index (χ1) is 17.2. The van der Waals surface area contributed by atoms with Crippen LogP contribution in [0.2, 0.25) is 0 Å². The van der Waals surface area contributed by atoms with Gasteiger partial charge in [-0.25, -0.2) is 28.4 Å². The van der Waals surface area contributed by atoms with E-state index >= 15 is 0 Å². The van der Waals surface area contributed by atoms with Gasteiger partial charge in [-0.3, -0.25) is 4.31 Å². The fourth-order valence-electron chi connectivity index (χ4n) is 4.72. The number of anilines is 1. The molecule has 0 amide bonds. The zero-order valence-corrected chi connectivity index (χ0v) is 21.2. The van der Waals surface area contributed by atoms with Crippen molar-refractivity contribution in [2.45, 2.75) is 39.2 Å². The van der Waals surface area contributed by atoms with Gasteiger partial charge in [0, 0.05) is 35.6 Å². The van der Waals surface area contributed by atoms with Crippen LogP contribution >= 0.6 is 0 Å². The van der Waals surface area contributed by atoms with Crippen molar-refractivity contribution in [2.24, 2.45) is 0 Å². The largest absolute Gasteiger partial charge is 0.344 e. The predicted octanol–water partition coefficient (Wildman–Crippen LogP) is 4.72. The van der Waals surface area contributed by atoms with E-state index < -0.39 is 10.0 Å². The highest BCUT2D eigenvalue weighted by Gasteiger charge is 2.27. The molecule has 1 saturated heterocycles. The Morgan fingerprint density at radius 2 is 1.86 bits per heavy atom. The lowest BCUT2D eigenvalue weighted by Crippen LogP contribution is -2.38. The van der Waals surface area contributed by atoms with E-state index in [0.29, 0.717) is 30.1 Å². The van der Waals surface area contributed by atoms with Crippen LogP contribution in [0.25, 0.3) is 44.6 Å². The molecular weight excluding hydrogens is 474 g/mol. The maximum Gasteiger partial charge on any atom is 0.236 e. The third-order valence-electron chi connectivity index (χ3n) is 6.61. The van der Waals surface area contributed by atoms with Crippen LogP contribution in [0.15, 0.2) is 55.2 Å². The van der Waals surface area contributed by atoms with Crippen LogP contribution in [0.3, 0.4) is 0 Å². The Hall–Kier alpha value is -3.79. The summed E-state index contributed by atoms with van der Waals surface area (Å²) >= 11 is 0. The molecule has 0 aliphatic carbocycles. The van der Waals surface area contributed by atoms with Gasteiger partial charge in [-0.1, -0.05) is 6.07 Å². The number of benzene rings is 1. The van der Waals surface area contributed by atoms with Gasteiger partial charge in [-0.05, 0) is 63.4 Å². The molecule has 6 rings (SSSR count). The van der Waals surface area contributed by atoms with Crippen LogP contribution in [0, 0.1) is 0 Å². The Labute approximate surface area is 209 Å². The highest BCUT2D eigenvalue weighted by Crippen LogP contribution is 2.32. The first-order valence-electron chi connectivity index (χ1n) is 12.0. The summed E-state index contributed by atoms with van der Waals surface area (Å²) in [7, 11) is -3.35. The number of hydrogen-bond acceptors (Lipinski definition) is 6. The van der Waals surface area contributed by atoms with Gasteiger partial charge in [0.05, 0.1) is 35.0 Å². The second-order valence-electron chi connectivity index (χ2n) is 10.1. The summed E-state index contributed by atoms with van der Waals surface area (Å²) in [6, 6.07) is 9.81. The second kappa shape index (κ2) is 8.12. The van der Waals surface area contributed by atoms with Crippen molar-refractivity contribution in [3.63, 3.8) is 0 Å². The number of fused-ring (bicyclic) bond motifs is 2. The molecule has 0 bridgehead atoms. The fourth-order valence-corrected chi connectivity index (χ4v) is 6.30. The number of rotatable bonds is 3. The lowest BCUT2D eigenvalue weighted by atomic mass is 10.1. The molecule has 10 heteroatoms. The van der Waals surface area contributed by atoms with Crippen molar-refractivity contribution in [1.29, 1.82) is 0 Å². The zero-order chi connectivity index (χ0) is 25.1. The maximum atomic E-state index is 12.6. The molecular formula is C26H27N7O2S. The van der Waals surface area contributed by atoms with E-state index in [2.05, 4.69) is 51.3 Å². The summed E-state index contributed by atoms with van der Waals surface area (Å²) < 4.78 is 28.7. The van der Waals surface area contributed by atoms with Crippen LogP contribution < -0.4 is 4.31 Å². The number of hydrogen-bond donors (Lipinski definition) is 1. The van der Waals surface area contributed by atoms with Gasteiger partial charge in [0.25, 0.3) is 0 Å². The molecule has 1 N–H and O–H groups in total. The van der Waals surface area contributed by atoms with Crippen molar-refractivity contribution in [1.82, 2.24) is 29.5 Å². The number of pyridine rings is 1. The number of nitrogens with zero attached hydrogens (tertiary/aromatic N) is 6. The van der Waals surface area contributed by atoms with Gasteiger partial charge in [-0.2, -0.15) is 0 Å². The van der Waals surface area contributed by atoms with Gasteiger partial charge in [0.2, 0.25) is 10.0 Å². The van der Waals surface area contributed by atoms with E-state index in [1.165, 1.54) is 4.31 Å². The van der Waals surface area contributed by atoms with Gasteiger partial charge < -0.3 is 9.55 Å². The van der Waals surface area contributed by atoms with Crippen LogP contribution in [0.4, 0.5) is 5.82 Å². The summed E-state index contributed by atoms with van der Waals surface area (Å²) in [6.07, 6.45) is 8.63. The molecule has 0 atom stereocenters. The average molecular weight is 502 g/mol. The van der Waals surface area contributed by atoms with Crippen LogP contribution in [-0.2, 0) is 15.6 Å². The van der Waals surface area contributed by atoms with Gasteiger partial charge in [-0.15, -0.1) is 0 Å². The number of H-pyrrole nitrogens is 1. The molecule has 0 unspecified atom stereocenters. The minimum absolute atomic E-state index is 0.0958. The highest BCUT2D eigenvalue weighted by atomic mass is 32.2. The zero-order valence-electron chi connectivity index (χ0n) is 20.4. The van der Waals surface area contributed by atoms with Crippen molar-refractivity contribution < 1.29 is 8.42 Å². The van der Waals surface area contributed by atoms with Gasteiger partial charge in [0.15, 0.2) is 5.65 Å². The summed E-state index contributed by atoms with van der Waals surface area (Å²) in [5, 5.41) is 0. The summed E-state index contributed by atoms with van der Waals surface area (Å²) in [5.41, 5.74) is 6.71. The molecule has 1 fully saturated rings. The number of aromatic amines is 1. The quantitative estimate of drug-likeness (QED) is 0.383. The lowest BCUT2D eigenvalue weighted by molar-refractivity contribution is 0.408. The van der Waals surface area contributed by atoms with Crippen molar-refractivity contribution in [3.05, 3.63) is 55.2 Å². The minimum Gasteiger partial charge on any atom is -0.344 e. The molecule has 1 aromatic carbocycles. The molecule has 5 aromatic rings. The van der Waals surface area contributed by atoms with E-state index in [4.69, 9.17) is 4.98 Å². The number of nitrogens with one attached hydrogen (secondary N) is 1. The second-order valence-corrected chi connectivity index (χ2v) is 12.2. The smallest absolute Gasteiger partial charge is 0.236 e. The van der Waals surface area contributed by atoms with Gasteiger partial charge in [0.1, 0.15) is 11.3 Å². The molecule has 184 valence electrons. The molecule has 5 heterocycles. The van der Waals surface area contributed by atoms with Crippen molar-refractivity contribution in [2.75, 3.05) is 16.6 Å². The SMILES string of the molecule is CC(C)(C)n1cnc2ccc(-c3c[nH]c4ncc(-c5ccnc(N6CCCCS6(=O)=O)c5)nc34)cc21. The fraction of sp³-hybridized carbons (Fsp3) is 0.308. The number of imidazole rings is 1. The lowest BCUT2D eigenvalue weighted by Gasteiger charge is -2.27.